The summed E-state index contributed by atoms with van der Waals surface area (Å²) >= 11 is 6.27. The summed E-state index contributed by atoms with van der Waals surface area (Å²) in [5, 5.41) is 0.323. The molecule has 2 saturated heterocycles. The number of ether oxygens (including phenoxy) is 1. The van der Waals surface area contributed by atoms with E-state index in [1.165, 1.54) is 10.4 Å². The third kappa shape index (κ3) is 4.99. The lowest BCUT2D eigenvalue weighted by atomic mass is 10.0. The molecule has 2 aliphatic rings. The van der Waals surface area contributed by atoms with Crippen molar-refractivity contribution in [1.29, 1.82) is 0 Å². The van der Waals surface area contributed by atoms with E-state index in [0.717, 1.165) is 25.9 Å². The van der Waals surface area contributed by atoms with Crippen LogP contribution in [0.4, 0.5) is 4.39 Å². The predicted octanol–water partition coefficient (Wildman–Crippen LogP) is 2.56. The standard InChI is InChI=1S/C18H27ClFN3O3S/c1-22(14-7-11-26-12-8-14)27(24,25)21-13-17(23-9-2-3-10-23)18-15(19)5-4-6-16(18)20/h4-6,14,17,21H,2-3,7-13H2,1H3. The van der Waals surface area contributed by atoms with Crippen molar-refractivity contribution in [2.45, 2.75) is 37.8 Å². The first kappa shape index (κ1) is 21.0. The molecule has 2 aliphatic heterocycles. The molecule has 1 aromatic carbocycles. The van der Waals surface area contributed by atoms with Crippen LogP contribution in [0.5, 0.6) is 0 Å². The van der Waals surface area contributed by atoms with Gasteiger partial charge in [0.1, 0.15) is 5.82 Å². The molecular weight excluding hydrogens is 393 g/mol. The molecule has 3 rings (SSSR count). The molecule has 152 valence electrons. The molecule has 0 amide bonds. The molecule has 1 atom stereocenters. The molecule has 2 heterocycles. The Hall–Kier alpha value is -0.770. The summed E-state index contributed by atoms with van der Waals surface area (Å²) in [6.45, 7) is 2.80. The van der Waals surface area contributed by atoms with Crippen molar-refractivity contribution < 1.29 is 17.5 Å². The van der Waals surface area contributed by atoms with Crippen LogP contribution in [0.3, 0.4) is 0 Å². The molecule has 1 aromatic rings. The van der Waals surface area contributed by atoms with Gasteiger partial charge >= 0.3 is 0 Å². The van der Waals surface area contributed by atoms with Gasteiger partial charge in [0.05, 0.1) is 6.04 Å². The Kier molecular flexibility index (Phi) is 7.10. The fourth-order valence-electron chi connectivity index (χ4n) is 3.83. The number of hydrogen-bond donors (Lipinski definition) is 1. The fraction of sp³-hybridized carbons (Fsp3) is 0.667. The van der Waals surface area contributed by atoms with E-state index in [2.05, 4.69) is 9.62 Å². The van der Waals surface area contributed by atoms with Crippen LogP contribution in [0.15, 0.2) is 18.2 Å². The van der Waals surface area contributed by atoms with Crippen molar-refractivity contribution in [3.05, 3.63) is 34.6 Å². The summed E-state index contributed by atoms with van der Waals surface area (Å²) in [6, 6.07) is 4.06. The van der Waals surface area contributed by atoms with Gasteiger partial charge < -0.3 is 4.74 Å². The van der Waals surface area contributed by atoms with Crippen LogP contribution < -0.4 is 4.72 Å². The topological polar surface area (TPSA) is 61.9 Å². The maximum absolute atomic E-state index is 14.5. The van der Waals surface area contributed by atoms with Crippen molar-refractivity contribution in [1.82, 2.24) is 13.9 Å². The number of rotatable bonds is 7. The van der Waals surface area contributed by atoms with Gasteiger partial charge in [-0.05, 0) is 50.9 Å². The Balaban J connectivity index is 1.76. The Morgan fingerprint density at radius 2 is 2.00 bits per heavy atom. The highest BCUT2D eigenvalue weighted by Gasteiger charge is 2.32. The van der Waals surface area contributed by atoms with E-state index in [9.17, 15) is 12.8 Å². The second-order valence-corrected chi connectivity index (χ2v) is 9.33. The molecule has 6 nitrogen and oxygen atoms in total. The molecule has 27 heavy (non-hydrogen) atoms. The lowest BCUT2D eigenvalue weighted by molar-refractivity contribution is 0.0629. The molecular formula is C18H27ClFN3O3S. The summed E-state index contributed by atoms with van der Waals surface area (Å²) in [5.41, 5.74) is 0.359. The van der Waals surface area contributed by atoms with Crippen molar-refractivity contribution >= 4 is 21.8 Å². The first-order valence-electron chi connectivity index (χ1n) is 9.38. The number of nitrogens with one attached hydrogen (secondary N) is 1. The lowest BCUT2D eigenvalue weighted by Gasteiger charge is -2.33. The van der Waals surface area contributed by atoms with Crippen LogP contribution in [0.25, 0.3) is 0 Å². The molecule has 2 fully saturated rings. The molecule has 0 radical (unpaired) electrons. The minimum atomic E-state index is -3.68. The highest BCUT2D eigenvalue weighted by Crippen LogP contribution is 2.32. The third-order valence-electron chi connectivity index (χ3n) is 5.46. The fourth-order valence-corrected chi connectivity index (χ4v) is 5.29. The third-order valence-corrected chi connectivity index (χ3v) is 7.38. The summed E-state index contributed by atoms with van der Waals surface area (Å²) < 4.78 is 49.4. The highest BCUT2D eigenvalue weighted by atomic mass is 35.5. The van der Waals surface area contributed by atoms with Crippen LogP contribution in [-0.2, 0) is 14.9 Å². The van der Waals surface area contributed by atoms with Crippen LogP contribution in [-0.4, -0.2) is 63.6 Å². The Morgan fingerprint density at radius 1 is 1.33 bits per heavy atom. The summed E-state index contributed by atoms with van der Waals surface area (Å²) in [7, 11) is -2.10. The van der Waals surface area contributed by atoms with Crippen molar-refractivity contribution in [3.8, 4) is 0 Å². The maximum atomic E-state index is 14.5. The molecule has 1 N–H and O–H groups in total. The Bertz CT molecular complexity index is 717. The van der Waals surface area contributed by atoms with E-state index in [0.29, 0.717) is 36.6 Å². The maximum Gasteiger partial charge on any atom is 0.279 e. The molecule has 0 aliphatic carbocycles. The van der Waals surface area contributed by atoms with Gasteiger partial charge in [0, 0.05) is 43.4 Å². The van der Waals surface area contributed by atoms with E-state index in [4.69, 9.17) is 16.3 Å². The van der Waals surface area contributed by atoms with E-state index < -0.39 is 22.1 Å². The Morgan fingerprint density at radius 3 is 2.63 bits per heavy atom. The number of hydrogen-bond acceptors (Lipinski definition) is 4. The average Bonchev–Trinajstić information content (AvgIpc) is 3.18. The van der Waals surface area contributed by atoms with Gasteiger partial charge in [-0.3, -0.25) is 4.90 Å². The summed E-state index contributed by atoms with van der Waals surface area (Å²) in [6.07, 6.45) is 3.37. The zero-order valence-corrected chi connectivity index (χ0v) is 17.1. The van der Waals surface area contributed by atoms with Gasteiger partial charge in [-0.15, -0.1) is 0 Å². The average molecular weight is 420 g/mol. The molecule has 0 bridgehead atoms. The Labute approximate surface area is 165 Å². The quantitative estimate of drug-likeness (QED) is 0.737. The molecule has 0 saturated carbocycles. The van der Waals surface area contributed by atoms with Crippen molar-refractivity contribution in [2.24, 2.45) is 0 Å². The molecule has 0 aromatic heterocycles. The lowest BCUT2D eigenvalue weighted by Crippen LogP contribution is -2.48. The molecule has 9 heteroatoms. The predicted molar refractivity (Wildman–Crippen MR) is 103 cm³/mol. The van der Waals surface area contributed by atoms with Crippen LogP contribution in [0, 0.1) is 5.82 Å². The van der Waals surface area contributed by atoms with Gasteiger partial charge in [-0.1, -0.05) is 17.7 Å². The first-order chi connectivity index (χ1) is 12.9. The second kappa shape index (κ2) is 9.15. The largest absolute Gasteiger partial charge is 0.381 e. The van der Waals surface area contributed by atoms with Gasteiger partial charge in [0.25, 0.3) is 10.2 Å². The number of nitrogens with zero attached hydrogens (tertiary/aromatic N) is 2. The zero-order valence-electron chi connectivity index (χ0n) is 15.5. The van der Waals surface area contributed by atoms with E-state index in [-0.39, 0.29) is 12.6 Å². The van der Waals surface area contributed by atoms with Crippen molar-refractivity contribution in [2.75, 3.05) is 39.9 Å². The monoisotopic (exact) mass is 419 g/mol. The van der Waals surface area contributed by atoms with Crippen molar-refractivity contribution in [3.63, 3.8) is 0 Å². The van der Waals surface area contributed by atoms with Gasteiger partial charge in [0.15, 0.2) is 0 Å². The number of likely N-dealkylation sites (tertiary alicyclic amines) is 1. The zero-order chi connectivity index (χ0) is 19.4. The van der Waals surface area contributed by atoms with E-state index >= 15 is 0 Å². The SMILES string of the molecule is CN(C1CCOCC1)S(=O)(=O)NCC(c1c(F)cccc1Cl)N1CCCC1. The summed E-state index contributed by atoms with van der Waals surface area (Å²) in [5.74, 6) is -0.406. The molecule has 0 spiro atoms. The highest BCUT2D eigenvalue weighted by molar-refractivity contribution is 7.87. The van der Waals surface area contributed by atoms with Crippen LogP contribution in [0.2, 0.25) is 5.02 Å². The number of benzene rings is 1. The first-order valence-corrected chi connectivity index (χ1v) is 11.2. The van der Waals surface area contributed by atoms with Gasteiger partial charge in [-0.25, -0.2) is 9.11 Å². The summed E-state index contributed by atoms with van der Waals surface area (Å²) in [4.78, 5) is 2.10. The van der Waals surface area contributed by atoms with Gasteiger partial charge in [-0.2, -0.15) is 12.7 Å². The number of halogens is 2. The van der Waals surface area contributed by atoms with Crippen LogP contribution in [0.1, 0.15) is 37.3 Å². The van der Waals surface area contributed by atoms with E-state index in [1.807, 2.05) is 0 Å². The minimum absolute atomic E-state index is 0.0799. The minimum Gasteiger partial charge on any atom is -0.381 e. The van der Waals surface area contributed by atoms with Crippen LogP contribution >= 0.6 is 11.6 Å². The second-order valence-electron chi connectivity index (χ2n) is 7.11. The van der Waals surface area contributed by atoms with E-state index in [1.54, 1.807) is 19.2 Å². The smallest absolute Gasteiger partial charge is 0.279 e. The molecule has 1 unspecified atom stereocenters. The van der Waals surface area contributed by atoms with Gasteiger partial charge in [0.2, 0.25) is 0 Å². The normalized spacial score (nSPS) is 21.0.